The summed E-state index contributed by atoms with van der Waals surface area (Å²) in [7, 11) is 0. The molecule has 1 aromatic rings. The van der Waals surface area contributed by atoms with Crippen LogP contribution < -0.4 is 5.32 Å². The molecule has 0 radical (unpaired) electrons. The van der Waals surface area contributed by atoms with Crippen LogP contribution in [-0.2, 0) is 4.79 Å². The lowest BCUT2D eigenvalue weighted by Crippen LogP contribution is -2.34. The van der Waals surface area contributed by atoms with Crippen molar-refractivity contribution in [2.45, 2.75) is 33.6 Å². The van der Waals surface area contributed by atoms with E-state index in [0.29, 0.717) is 5.78 Å². The largest absolute Gasteiger partial charge is 0.383 e. The van der Waals surface area contributed by atoms with Crippen LogP contribution in [0.5, 0.6) is 0 Å². The number of hydrogen-bond acceptors (Lipinski definition) is 2. The molecule has 0 bridgehead atoms. The van der Waals surface area contributed by atoms with Crippen molar-refractivity contribution in [1.82, 2.24) is 5.32 Å². The molecular weight excluding hydrogens is 222 g/mol. The maximum Gasteiger partial charge on any atom is 0.165 e. The normalized spacial score (nSPS) is 20.6. The molecule has 2 aliphatic rings. The Hall–Kier alpha value is -1.57. The fourth-order valence-corrected chi connectivity index (χ4v) is 3.03. The standard InChI is InChI=1S/C16H19NO/c1-10-6-11(2)15(12(3)7-10)13-8-14(18)16(4-5-16)9-17-13/h6-8,17H,4-5,9H2,1-3H3. The van der Waals surface area contributed by atoms with E-state index in [-0.39, 0.29) is 5.41 Å². The molecule has 1 saturated carbocycles. The minimum absolute atomic E-state index is 0.0456. The van der Waals surface area contributed by atoms with E-state index in [9.17, 15) is 4.79 Å². The number of carbonyl (C=O) groups excluding carboxylic acids is 1. The van der Waals surface area contributed by atoms with Gasteiger partial charge >= 0.3 is 0 Å². The molecule has 1 aliphatic heterocycles. The second-order valence-corrected chi connectivity index (χ2v) is 5.83. The Kier molecular flexibility index (Phi) is 2.37. The smallest absolute Gasteiger partial charge is 0.165 e. The number of carbonyl (C=O) groups is 1. The lowest BCUT2D eigenvalue weighted by atomic mass is 9.90. The summed E-state index contributed by atoms with van der Waals surface area (Å²) < 4.78 is 0. The van der Waals surface area contributed by atoms with E-state index in [4.69, 9.17) is 0 Å². The van der Waals surface area contributed by atoms with E-state index in [1.807, 2.05) is 6.08 Å². The zero-order chi connectivity index (χ0) is 12.9. The van der Waals surface area contributed by atoms with Gasteiger partial charge in [-0.2, -0.15) is 0 Å². The first-order valence-corrected chi connectivity index (χ1v) is 6.60. The van der Waals surface area contributed by atoms with Crippen molar-refractivity contribution in [3.63, 3.8) is 0 Å². The second kappa shape index (κ2) is 3.71. The van der Waals surface area contributed by atoms with Gasteiger partial charge in [0.2, 0.25) is 0 Å². The molecule has 3 rings (SSSR count). The van der Waals surface area contributed by atoms with Gasteiger partial charge < -0.3 is 5.32 Å². The molecule has 0 unspecified atom stereocenters. The number of rotatable bonds is 1. The van der Waals surface area contributed by atoms with Crippen LogP contribution in [0.15, 0.2) is 18.2 Å². The van der Waals surface area contributed by atoms with Crippen LogP contribution in [0.2, 0.25) is 0 Å². The van der Waals surface area contributed by atoms with Crippen molar-refractivity contribution in [2.24, 2.45) is 5.41 Å². The molecule has 0 amide bonds. The third kappa shape index (κ3) is 1.67. The molecule has 1 fully saturated rings. The lowest BCUT2D eigenvalue weighted by Gasteiger charge is -2.24. The molecule has 0 aromatic heterocycles. The Morgan fingerprint density at radius 1 is 1.11 bits per heavy atom. The van der Waals surface area contributed by atoms with Gasteiger partial charge in [0, 0.05) is 23.9 Å². The van der Waals surface area contributed by atoms with Crippen LogP contribution in [0, 0.1) is 26.2 Å². The maximum absolute atomic E-state index is 12.1. The van der Waals surface area contributed by atoms with Gasteiger partial charge in [-0.15, -0.1) is 0 Å². The van der Waals surface area contributed by atoms with Crippen molar-refractivity contribution in [3.05, 3.63) is 40.5 Å². The number of aryl methyl sites for hydroxylation is 3. The SMILES string of the molecule is Cc1cc(C)c(C2=CC(=O)C3(CC3)CN2)c(C)c1. The zero-order valence-corrected chi connectivity index (χ0v) is 11.3. The van der Waals surface area contributed by atoms with Crippen molar-refractivity contribution in [3.8, 4) is 0 Å². The molecular formula is C16H19NO. The fraction of sp³-hybridized carbons (Fsp3) is 0.438. The van der Waals surface area contributed by atoms with Gasteiger partial charge in [0.15, 0.2) is 5.78 Å². The van der Waals surface area contributed by atoms with Crippen LogP contribution >= 0.6 is 0 Å². The summed E-state index contributed by atoms with van der Waals surface area (Å²) in [6.07, 6.45) is 3.92. The van der Waals surface area contributed by atoms with E-state index in [1.165, 1.54) is 22.3 Å². The van der Waals surface area contributed by atoms with Gasteiger partial charge in [-0.05, 0) is 44.7 Å². The molecule has 1 aliphatic carbocycles. The predicted molar refractivity (Wildman–Crippen MR) is 73.3 cm³/mol. The summed E-state index contributed by atoms with van der Waals surface area (Å²) in [5.41, 5.74) is 5.92. The maximum atomic E-state index is 12.1. The van der Waals surface area contributed by atoms with Crippen molar-refractivity contribution >= 4 is 11.5 Å². The highest BCUT2D eigenvalue weighted by molar-refractivity contribution is 6.04. The number of hydrogen-bond donors (Lipinski definition) is 1. The first-order valence-electron chi connectivity index (χ1n) is 6.60. The molecule has 1 aromatic carbocycles. The predicted octanol–water partition coefficient (Wildman–Crippen LogP) is 2.91. The van der Waals surface area contributed by atoms with Crippen molar-refractivity contribution in [2.75, 3.05) is 6.54 Å². The summed E-state index contributed by atoms with van der Waals surface area (Å²) in [6.45, 7) is 7.15. The van der Waals surface area contributed by atoms with Crippen LogP contribution in [0.3, 0.4) is 0 Å². The molecule has 2 heteroatoms. The average molecular weight is 241 g/mol. The summed E-state index contributed by atoms with van der Waals surface area (Å²) in [4.78, 5) is 12.1. The number of ketones is 1. The first-order chi connectivity index (χ1) is 8.52. The van der Waals surface area contributed by atoms with Gasteiger partial charge in [-0.3, -0.25) is 4.79 Å². The quantitative estimate of drug-likeness (QED) is 0.819. The molecule has 1 spiro atoms. The molecule has 1 N–H and O–H groups in total. The van der Waals surface area contributed by atoms with Gasteiger partial charge in [0.05, 0.1) is 5.41 Å². The van der Waals surface area contributed by atoms with Crippen LogP contribution in [-0.4, -0.2) is 12.3 Å². The third-order valence-electron chi connectivity index (χ3n) is 4.22. The minimum atomic E-state index is -0.0456. The molecule has 2 nitrogen and oxygen atoms in total. The van der Waals surface area contributed by atoms with Crippen molar-refractivity contribution in [1.29, 1.82) is 0 Å². The summed E-state index contributed by atoms with van der Waals surface area (Å²) in [5.74, 6) is 0.315. The number of nitrogens with one attached hydrogen (secondary N) is 1. The monoisotopic (exact) mass is 241 g/mol. The Morgan fingerprint density at radius 2 is 1.72 bits per heavy atom. The van der Waals surface area contributed by atoms with Crippen LogP contribution in [0.4, 0.5) is 0 Å². The van der Waals surface area contributed by atoms with E-state index < -0.39 is 0 Å². The third-order valence-corrected chi connectivity index (χ3v) is 4.22. The first kappa shape index (κ1) is 11.5. The van der Waals surface area contributed by atoms with E-state index in [2.05, 4.69) is 38.2 Å². The fourth-order valence-electron chi connectivity index (χ4n) is 3.03. The number of benzene rings is 1. The number of allylic oxidation sites excluding steroid dienone is 1. The van der Waals surface area contributed by atoms with Gasteiger partial charge in [-0.25, -0.2) is 0 Å². The van der Waals surface area contributed by atoms with E-state index in [1.54, 1.807) is 0 Å². The Bertz CT molecular complexity index is 541. The summed E-state index contributed by atoms with van der Waals surface area (Å²) in [6, 6.07) is 4.35. The Morgan fingerprint density at radius 3 is 2.22 bits per heavy atom. The van der Waals surface area contributed by atoms with Crippen molar-refractivity contribution < 1.29 is 4.79 Å². The van der Waals surface area contributed by atoms with Crippen LogP contribution in [0.1, 0.15) is 35.1 Å². The van der Waals surface area contributed by atoms with E-state index >= 15 is 0 Å². The molecule has 1 heterocycles. The average Bonchev–Trinajstić information content (AvgIpc) is 3.03. The topological polar surface area (TPSA) is 29.1 Å². The highest BCUT2D eigenvalue weighted by atomic mass is 16.1. The molecule has 0 saturated heterocycles. The second-order valence-electron chi connectivity index (χ2n) is 5.83. The summed E-state index contributed by atoms with van der Waals surface area (Å²) in [5, 5.41) is 3.46. The minimum Gasteiger partial charge on any atom is -0.383 e. The zero-order valence-electron chi connectivity index (χ0n) is 11.3. The van der Waals surface area contributed by atoms with E-state index in [0.717, 1.165) is 25.1 Å². The molecule has 0 atom stereocenters. The summed E-state index contributed by atoms with van der Waals surface area (Å²) >= 11 is 0. The Balaban J connectivity index is 2.04. The Labute approximate surface area is 108 Å². The highest BCUT2D eigenvalue weighted by Crippen LogP contribution is 2.48. The lowest BCUT2D eigenvalue weighted by molar-refractivity contribution is -0.119. The molecule has 94 valence electrons. The van der Waals surface area contributed by atoms with Gasteiger partial charge in [0.1, 0.15) is 0 Å². The van der Waals surface area contributed by atoms with Gasteiger partial charge in [-0.1, -0.05) is 17.7 Å². The van der Waals surface area contributed by atoms with Crippen LogP contribution in [0.25, 0.3) is 5.70 Å². The highest BCUT2D eigenvalue weighted by Gasteiger charge is 2.50. The molecule has 18 heavy (non-hydrogen) atoms. The van der Waals surface area contributed by atoms with Gasteiger partial charge in [0.25, 0.3) is 0 Å².